The van der Waals surface area contributed by atoms with Gasteiger partial charge in [-0.15, -0.1) is 0 Å². The van der Waals surface area contributed by atoms with E-state index in [0.29, 0.717) is 0 Å². The minimum absolute atomic E-state index is 0.0700. The van der Waals surface area contributed by atoms with Crippen molar-refractivity contribution in [1.29, 1.82) is 0 Å². The minimum atomic E-state index is -0.348. The number of piperazine rings is 1. The fourth-order valence-corrected chi connectivity index (χ4v) is 1.75. The number of rotatable bonds is 5. The van der Waals surface area contributed by atoms with Crippen molar-refractivity contribution in [3.05, 3.63) is 0 Å². The second-order valence-corrected chi connectivity index (χ2v) is 4.23. The van der Waals surface area contributed by atoms with Crippen molar-refractivity contribution in [2.45, 2.75) is 32.7 Å². The standard InChI is InChI=1S/C11H19N3O3/c1-3-4-8(2)13-9(15)7-14-10(16)5-12-6-11(14)17/h8,12H,3-7H2,1-2H3,(H,13,15). The van der Waals surface area contributed by atoms with Crippen LogP contribution in [0.25, 0.3) is 0 Å². The largest absolute Gasteiger partial charge is 0.352 e. The molecule has 0 aliphatic carbocycles. The van der Waals surface area contributed by atoms with Gasteiger partial charge in [-0.1, -0.05) is 13.3 Å². The topological polar surface area (TPSA) is 78.5 Å². The molecule has 6 heteroatoms. The fraction of sp³-hybridized carbons (Fsp3) is 0.727. The van der Waals surface area contributed by atoms with Crippen LogP contribution in [0.15, 0.2) is 0 Å². The molecule has 6 nitrogen and oxygen atoms in total. The Morgan fingerprint density at radius 2 is 2.00 bits per heavy atom. The molecule has 1 unspecified atom stereocenters. The molecule has 1 aliphatic rings. The van der Waals surface area contributed by atoms with E-state index in [2.05, 4.69) is 10.6 Å². The van der Waals surface area contributed by atoms with Crippen LogP contribution >= 0.6 is 0 Å². The van der Waals surface area contributed by atoms with E-state index in [0.717, 1.165) is 17.7 Å². The molecule has 1 fully saturated rings. The van der Waals surface area contributed by atoms with Crippen LogP contribution in [0, 0.1) is 0 Å². The molecule has 3 amide bonds. The molecule has 1 aliphatic heterocycles. The first-order chi connectivity index (χ1) is 8.04. The van der Waals surface area contributed by atoms with E-state index < -0.39 is 0 Å². The van der Waals surface area contributed by atoms with Gasteiger partial charge in [0.05, 0.1) is 13.1 Å². The third-order valence-corrected chi connectivity index (χ3v) is 2.59. The molecule has 96 valence electrons. The molecular formula is C11H19N3O3. The van der Waals surface area contributed by atoms with Crippen molar-refractivity contribution in [1.82, 2.24) is 15.5 Å². The molecule has 1 atom stereocenters. The Hall–Kier alpha value is -1.43. The van der Waals surface area contributed by atoms with E-state index in [4.69, 9.17) is 0 Å². The summed E-state index contributed by atoms with van der Waals surface area (Å²) in [4.78, 5) is 35.4. The summed E-state index contributed by atoms with van der Waals surface area (Å²) >= 11 is 0. The number of nitrogens with one attached hydrogen (secondary N) is 2. The summed E-state index contributed by atoms with van der Waals surface area (Å²) in [5, 5.41) is 5.44. The summed E-state index contributed by atoms with van der Waals surface area (Å²) in [5.74, 6) is -0.978. The third-order valence-electron chi connectivity index (χ3n) is 2.59. The van der Waals surface area contributed by atoms with E-state index in [1.54, 1.807) is 0 Å². The van der Waals surface area contributed by atoms with Crippen molar-refractivity contribution < 1.29 is 14.4 Å². The fourth-order valence-electron chi connectivity index (χ4n) is 1.75. The van der Waals surface area contributed by atoms with Gasteiger partial charge in [0, 0.05) is 6.04 Å². The molecule has 0 radical (unpaired) electrons. The molecule has 0 aromatic heterocycles. The van der Waals surface area contributed by atoms with Crippen molar-refractivity contribution >= 4 is 17.7 Å². The summed E-state index contributed by atoms with van der Waals surface area (Å²) in [6.45, 7) is 4.00. The van der Waals surface area contributed by atoms with Gasteiger partial charge >= 0.3 is 0 Å². The Balaban J connectivity index is 2.44. The lowest BCUT2D eigenvalue weighted by Crippen LogP contribution is -2.55. The number of hydrogen-bond acceptors (Lipinski definition) is 4. The Bertz CT molecular complexity index is 301. The lowest BCUT2D eigenvalue weighted by atomic mass is 10.2. The predicted octanol–water partition coefficient (Wildman–Crippen LogP) is -0.750. The number of nitrogens with zero attached hydrogens (tertiary/aromatic N) is 1. The molecule has 1 saturated heterocycles. The molecule has 0 aromatic rings. The molecule has 0 aromatic carbocycles. The van der Waals surface area contributed by atoms with Crippen LogP contribution in [-0.2, 0) is 14.4 Å². The molecule has 17 heavy (non-hydrogen) atoms. The van der Waals surface area contributed by atoms with Gasteiger partial charge in [0.2, 0.25) is 17.7 Å². The maximum absolute atomic E-state index is 11.6. The summed E-state index contributed by atoms with van der Waals surface area (Å²) < 4.78 is 0. The van der Waals surface area contributed by atoms with Crippen LogP contribution in [-0.4, -0.2) is 48.3 Å². The number of carbonyl (C=O) groups is 3. The first-order valence-electron chi connectivity index (χ1n) is 5.87. The number of imide groups is 1. The lowest BCUT2D eigenvalue weighted by molar-refractivity contribution is -0.149. The summed E-state index contributed by atoms with van der Waals surface area (Å²) in [5.41, 5.74) is 0. The smallest absolute Gasteiger partial charge is 0.243 e. The van der Waals surface area contributed by atoms with Crippen molar-refractivity contribution in [2.75, 3.05) is 19.6 Å². The monoisotopic (exact) mass is 241 g/mol. The van der Waals surface area contributed by atoms with Crippen molar-refractivity contribution in [2.24, 2.45) is 0 Å². The molecular weight excluding hydrogens is 222 g/mol. The van der Waals surface area contributed by atoms with Gasteiger partial charge in [0.1, 0.15) is 6.54 Å². The summed E-state index contributed by atoms with van der Waals surface area (Å²) in [6.07, 6.45) is 1.86. The van der Waals surface area contributed by atoms with Crippen molar-refractivity contribution in [3.63, 3.8) is 0 Å². The van der Waals surface area contributed by atoms with Gasteiger partial charge < -0.3 is 5.32 Å². The molecule has 2 N–H and O–H groups in total. The van der Waals surface area contributed by atoms with E-state index in [9.17, 15) is 14.4 Å². The second kappa shape index (κ2) is 6.34. The van der Waals surface area contributed by atoms with Crippen LogP contribution in [0.1, 0.15) is 26.7 Å². The molecule has 0 spiro atoms. The molecule has 0 saturated carbocycles. The zero-order valence-corrected chi connectivity index (χ0v) is 10.3. The highest BCUT2D eigenvalue weighted by Crippen LogP contribution is 1.98. The van der Waals surface area contributed by atoms with Gasteiger partial charge in [-0.25, -0.2) is 0 Å². The van der Waals surface area contributed by atoms with Gasteiger partial charge in [-0.2, -0.15) is 0 Å². The number of carbonyl (C=O) groups excluding carboxylic acids is 3. The normalized spacial score (nSPS) is 18.1. The van der Waals surface area contributed by atoms with Crippen LogP contribution in [0.2, 0.25) is 0 Å². The van der Waals surface area contributed by atoms with Gasteiger partial charge in [0.25, 0.3) is 0 Å². The summed E-state index contributed by atoms with van der Waals surface area (Å²) in [6, 6.07) is 0.0700. The third kappa shape index (κ3) is 4.14. The quantitative estimate of drug-likeness (QED) is 0.621. The average molecular weight is 241 g/mol. The maximum atomic E-state index is 11.6. The second-order valence-electron chi connectivity index (χ2n) is 4.23. The Morgan fingerprint density at radius 3 is 2.53 bits per heavy atom. The zero-order chi connectivity index (χ0) is 12.8. The zero-order valence-electron chi connectivity index (χ0n) is 10.3. The number of hydrogen-bond donors (Lipinski definition) is 2. The van der Waals surface area contributed by atoms with Gasteiger partial charge in [-0.05, 0) is 13.3 Å². The van der Waals surface area contributed by atoms with E-state index in [-0.39, 0.29) is 43.4 Å². The van der Waals surface area contributed by atoms with E-state index >= 15 is 0 Å². The Kier molecular flexibility index (Phi) is 5.09. The highest BCUT2D eigenvalue weighted by molar-refractivity contribution is 6.02. The van der Waals surface area contributed by atoms with Crippen molar-refractivity contribution in [3.8, 4) is 0 Å². The average Bonchev–Trinajstić information content (AvgIpc) is 2.24. The van der Waals surface area contributed by atoms with Crippen LogP contribution < -0.4 is 10.6 Å². The van der Waals surface area contributed by atoms with E-state index in [1.165, 1.54) is 0 Å². The van der Waals surface area contributed by atoms with Crippen LogP contribution in [0.4, 0.5) is 0 Å². The highest BCUT2D eigenvalue weighted by Gasteiger charge is 2.27. The Morgan fingerprint density at radius 1 is 1.41 bits per heavy atom. The highest BCUT2D eigenvalue weighted by atomic mass is 16.2. The first kappa shape index (κ1) is 13.6. The van der Waals surface area contributed by atoms with Gasteiger partial charge in [0.15, 0.2) is 0 Å². The molecule has 1 rings (SSSR count). The minimum Gasteiger partial charge on any atom is -0.352 e. The Labute approximate surface area is 101 Å². The lowest BCUT2D eigenvalue weighted by Gasteiger charge is -2.25. The predicted molar refractivity (Wildman–Crippen MR) is 62.1 cm³/mol. The molecule has 0 bridgehead atoms. The first-order valence-corrected chi connectivity index (χ1v) is 5.87. The SMILES string of the molecule is CCCC(C)NC(=O)CN1C(=O)CNCC1=O. The van der Waals surface area contributed by atoms with Gasteiger partial charge in [-0.3, -0.25) is 24.6 Å². The van der Waals surface area contributed by atoms with Crippen LogP contribution in [0.5, 0.6) is 0 Å². The summed E-state index contributed by atoms with van der Waals surface area (Å²) in [7, 11) is 0. The number of amides is 3. The molecule has 1 heterocycles. The van der Waals surface area contributed by atoms with E-state index in [1.807, 2.05) is 13.8 Å². The van der Waals surface area contributed by atoms with Crippen LogP contribution in [0.3, 0.4) is 0 Å². The maximum Gasteiger partial charge on any atom is 0.243 e.